The molecule has 12 heteroatoms. The smallest absolute Gasteiger partial charge is 0.301 e. The molecule has 0 radical (unpaired) electrons. The predicted molar refractivity (Wildman–Crippen MR) is 142 cm³/mol. The van der Waals surface area contributed by atoms with Gasteiger partial charge in [0.2, 0.25) is 5.91 Å². The normalized spacial score (nSPS) is 11.6. The van der Waals surface area contributed by atoms with Crippen molar-refractivity contribution in [3.05, 3.63) is 90.8 Å². The zero-order valence-electron chi connectivity index (χ0n) is 18.7. The zero-order valence-corrected chi connectivity index (χ0v) is 22.6. The number of aromatic nitrogens is 2. The van der Waals surface area contributed by atoms with E-state index in [0.717, 1.165) is 37.5 Å². The number of amides is 1. The van der Waals surface area contributed by atoms with Crippen molar-refractivity contribution in [2.45, 2.75) is 30.3 Å². The molecule has 0 aliphatic rings. The van der Waals surface area contributed by atoms with Gasteiger partial charge >= 0.3 is 6.18 Å². The number of anilines is 1. The first kappa shape index (κ1) is 26.9. The van der Waals surface area contributed by atoms with Gasteiger partial charge < -0.3 is 5.32 Å². The number of aryl methyl sites for hydroxylation is 1. The van der Waals surface area contributed by atoms with E-state index in [-0.39, 0.29) is 11.7 Å². The average molecular weight is 589 g/mol. The Balaban J connectivity index is 1.31. The van der Waals surface area contributed by atoms with Crippen molar-refractivity contribution in [1.29, 1.82) is 0 Å². The SMILES string of the molecule is Cc1nc(SCC(=O)Nc2ncc(Cc3cccc(C(F)(F)F)c3)s2)sc1Cc1ccc(Cl)cc1Cl. The molecule has 0 saturated carbocycles. The van der Waals surface area contributed by atoms with Gasteiger partial charge in [0.05, 0.1) is 17.0 Å². The Morgan fingerprint density at radius 2 is 1.92 bits per heavy atom. The monoisotopic (exact) mass is 587 g/mol. The second-order valence-corrected chi connectivity index (χ2v) is 12.0. The molecule has 4 nitrogen and oxygen atoms in total. The first-order chi connectivity index (χ1) is 17.1. The van der Waals surface area contributed by atoms with E-state index >= 15 is 0 Å². The van der Waals surface area contributed by atoms with Gasteiger partial charge in [0.25, 0.3) is 0 Å². The highest BCUT2D eigenvalue weighted by atomic mass is 35.5. The van der Waals surface area contributed by atoms with E-state index in [9.17, 15) is 18.0 Å². The minimum atomic E-state index is -4.39. The molecule has 0 bridgehead atoms. The molecule has 0 saturated heterocycles. The van der Waals surface area contributed by atoms with Gasteiger partial charge in [-0.05, 0) is 36.2 Å². The number of benzene rings is 2. The summed E-state index contributed by atoms with van der Waals surface area (Å²) in [5, 5.41) is 4.32. The van der Waals surface area contributed by atoms with E-state index in [1.54, 1.807) is 24.4 Å². The van der Waals surface area contributed by atoms with Crippen LogP contribution in [0.1, 0.15) is 32.1 Å². The van der Waals surface area contributed by atoms with Gasteiger partial charge in [-0.25, -0.2) is 9.97 Å². The maximum absolute atomic E-state index is 12.9. The lowest BCUT2D eigenvalue weighted by Crippen LogP contribution is -2.13. The number of nitrogens with one attached hydrogen (secondary N) is 1. The van der Waals surface area contributed by atoms with E-state index in [2.05, 4.69) is 15.3 Å². The molecule has 1 N–H and O–H groups in total. The Hall–Kier alpha value is -2.11. The molecule has 0 fully saturated rings. The zero-order chi connectivity index (χ0) is 25.9. The first-order valence-corrected chi connectivity index (χ1v) is 13.9. The van der Waals surface area contributed by atoms with E-state index < -0.39 is 11.7 Å². The number of halogens is 5. The van der Waals surface area contributed by atoms with Gasteiger partial charge in [0.15, 0.2) is 9.47 Å². The minimum Gasteiger partial charge on any atom is -0.301 e. The molecule has 188 valence electrons. The molecule has 4 aromatic rings. The predicted octanol–water partition coefficient (Wildman–Crippen LogP) is 8.15. The maximum Gasteiger partial charge on any atom is 0.416 e. The molecular formula is C24H18Cl2F3N3OS3. The van der Waals surface area contributed by atoms with Crippen LogP contribution in [0.25, 0.3) is 0 Å². The van der Waals surface area contributed by atoms with Crippen molar-refractivity contribution in [2.24, 2.45) is 0 Å². The van der Waals surface area contributed by atoms with Gasteiger partial charge in [-0.15, -0.1) is 22.7 Å². The fourth-order valence-electron chi connectivity index (χ4n) is 3.25. The van der Waals surface area contributed by atoms with Gasteiger partial charge in [0.1, 0.15) is 0 Å². The molecule has 2 aromatic heterocycles. The Bertz CT molecular complexity index is 1390. The highest BCUT2D eigenvalue weighted by Crippen LogP contribution is 2.32. The lowest BCUT2D eigenvalue weighted by Gasteiger charge is -2.07. The topological polar surface area (TPSA) is 54.9 Å². The number of hydrogen-bond donors (Lipinski definition) is 1. The third kappa shape index (κ3) is 7.23. The number of thiazole rings is 2. The van der Waals surface area contributed by atoms with E-state index in [1.165, 1.54) is 40.5 Å². The second-order valence-electron chi connectivity index (χ2n) is 7.74. The fraction of sp³-hybridized carbons (Fsp3) is 0.208. The summed E-state index contributed by atoms with van der Waals surface area (Å²) >= 11 is 16.3. The lowest BCUT2D eigenvalue weighted by atomic mass is 10.1. The summed E-state index contributed by atoms with van der Waals surface area (Å²) in [7, 11) is 0. The third-order valence-corrected chi connectivity index (χ3v) is 8.80. The molecule has 36 heavy (non-hydrogen) atoms. The number of carbonyl (C=O) groups excluding carboxylic acids is 1. The van der Waals surface area contributed by atoms with Crippen LogP contribution in [0.3, 0.4) is 0 Å². The van der Waals surface area contributed by atoms with Crippen molar-refractivity contribution in [3.8, 4) is 0 Å². The standard InChI is InChI=1S/C24H18Cl2F3N3OS3/c1-13-20(9-15-5-6-17(25)10-19(15)26)36-23(31-13)34-12-21(33)32-22-30-11-18(35-22)8-14-3-2-4-16(7-14)24(27,28)29/h2-7,10-11H,8-9,12H2,1H3,(H,30,32,33). The highest BCUT2D eigenvalue weighted by Gasteiger charge is 2.30. The molecule has 0 spiro atoms. The lowest BCUT2D eigenvalue weighted by molar-refractivity contribution is -0.137. The number of carbonyl (C=O) groups is 1. The summed E-state index contributed by atoms with van der Waals surface area (Å²) < 4.78 is 39.6. The molecule has 2 heterocycles. The number of thioether (sulfide) groups is 1. The molecule has 2 aromatic carbocycles. The first-order valence-electron chi connectivity index (χ1n) is 10.5. The van der Waals surface area contributed by atoms with Crippen LogP contribution in [0, 0.1) is 6.92 Å². The fourth-order valence-corrected chi connectivity index (χ4v) is 6.65. The molecular weight excluding hydrogens is 570 g/mol. The molecule has 0 aliphatic carbocycles. The number of nitrogens with zero attached hydrogens (tertiary/aromatic N) is 2. The molecule has 0 unspecified atom stereocenters. The van der Waals surface area contributed by atoms with Crippen LogP contribution in [0.2, 0.25) is 10.0 Å². The van der Waals surface area contributed by atoms with Crippen molar-refractivity contribution in [3.63, 3.8) is 0 Å². The van der Waals surface area contributed by atoms with E-state index in [0.29, 0.717) is 33.6 Å². The van der Waals surface area contributed by atoms with Crippen molar-refractivity contribution in [2.75, 3.05) is 11.1 Å². The van der Waals surface area contributed by atoms with Gasteiger partial charge in [-0.2, -0.15) is 13.2 Å². The van der Waals surface area contributed by atoms with E-state index in [1.807, 2.05) is 13.0 Å². The summed E-state index contributed by atoms with van der Waals surface area (Å²) in [4.78, 5) is 23.0. The van der Waals surface area contributed by atoms with Crippen molar-refractivity contribution in [1.82, 2.24) is 9.97 Å². The Labute approximate surface area is 227 Å². The van der Waals surface area contributed by atoms with E-state index in [4.69, 9.17) is 23.2 Å². The van der Waals surface area contributed by atoms with Gasteiger partial charge in [-0.3, -0.25) is 4.79 Å². The highest BCUT2D eigenvalue weighted by molar-refractivity contribution is 8.01. The van der Waals surface area contributed by atoms with Crippen molar-refractivity contribution < 1.29 is 18.0 Å². The van der Waals surface area contributed by atoms with Crippen LogP contribution in [0.4, 0.5) is 18.3 Å². The summed E-state index contributed by atoms with van der Waals surface area (Å²) in [6.07, 6.45) is -1.91. The average Bonchev–Trinajstić information content (AvgIpc) is 3.39. The van der Waals surface area contributed by atoms with Crippen LogP contribution in [0.5, 0.6) is 0 Å². The Kier molecular flexibility index (Phi) is 8.62. The summed E-state index contributed by atoms with van der Waals surface area (Å²) in [5.74, 6) is -0.0912. The molecule has 1 amide bonds. The van der Waals surface area contributed by atoms with Crippen LogP contribution in [-0.2, 0) is 23.8 Å². The molecule has 0 atom stereocenters. The minimum absolute atomic E-state index is 0.149. The van der Waals surface area contributed by atoms with Gasteiger partial charge in [-0.1, -0.05) is 59.2 Å². The number of rotatable bonds is 8. The maximum atomic E-state index is 12.9. The van der Waals surface area contributed by atoms with Gasteiger partial charge in [0, 0.05) is 38.8 Å². The molecule has 0 aliphatic heterocycles. The summed E-state index contributed by atoms with van der Waals surface area (Å²) in [6.45, 7) is 1.92. The van der Waals surface area contributed by atoms with Crippen LogP contribution in [-0.4, -0.2) is 21.6 Å². The largest absolute Gasteiger partial charge is 0.416 e. The van der Waals surface area contributed by atoms with Crippen LogP contribution in [0.15, 0.2) is 53.0 Å². The number of alkyl halides is 3. The Morgan fingerprint density at radius 1 is 1.11 bits per heavy atom. The third-order valence-electron chi connectivity index (χ3n) is 5.00. The second kappa shape index (κ2) is 11.5. The Morgan fingerprint density at radius 3 is 2.67 bits per heavy atom. The quantitative estimate of drug-likeness (QED) is 0.211. The molecule has 4 rings (SSSR count). The summed E-state index contributed by atoms with van der Waals surface area (Å²) in [5.41, 5.74) is 1.67. The van der Waals surface area contributed by atoms with Crippen LogP contribution < -0.4 is 5.32 Å². The van der Waals surface area contributed by atoms with Crippen molar-refractivity contribution >= 4 is 68.7 Å². The summed E-state index contributed by atoms with van der Waals surface area (Å²) in [6, 6.07) is 10.6. The number of hydrogen-bond acceptors (Lipinski definition) is 6. The van der Waals surface area contributed by atoms with Crippen LogP contribution >= 0.6 is 57.6 Å².